The average molecular weight is 294 g/mol. The van der Waals surface area contributed by atoms with Crippen LogP contribution in [0.25, 0.3) is 0 Å². The summed E-state index contributed by atoms with van der Waals surface area (Å²) in [6.45, 7) is 0. The van der Waals surface area contributed by atoms with E-state index in [4.69, 9.17) is 0 Å². The van der Waals surface area contributed by atoms with E-state index >= 15 is 0 Å². The van der Waals surface area contributed by atoms with E-state index in [0.29, 0.717) is 5.30 Å². The molecule has 0 saturated heterocycles. The summed E-state index contributed by atoms with van der Waals surface area (Å²) < 4.78 is 13.9. The zero-order valence-electron chi connectivity index (χ0n) is 11.4. The van der Waals surface area contributed by atoms with Crippen LogP contribution in [0, 0.1) is 0 Å². The van der Waals surface area contributed by atoms with Crippen molar-refractivity contribution in [1.29, 1.82) is 0 Å². The minimum Gasteiger partial charge on any atom is -0.508 e. The highest BCUT2D eigenvalue weighted by Crippen LogP contribution is 2.42. The molecule has 0 spiro atoms. The molecular formula is C18H15O2P. The van der Waals surface area contributed by atoms with Crippen LogP contribution in [0.2, 0.25) is 0 Å². The predicted octanol–water partition coefficient (Wildman–Crippen LogP) is 3.03. The highest BCUT2D eigenvalue weighted by atomic mass is 31.2. The molecule has 21 heavy (non-hydrogen) atoms. The van der Waals surface area contributed by atoms with Crippen LogP contribution in [0.1, 0.15) is 0 Å². The Hall–Kier alpha value is -2.31. The van der Waals surface area contributed by atoms with Gasteiger partial charge in [-0.05, 0) is 12.1 Å². The number of aromatic hydroxyl groups is 1. The summed E-state index contributed by atoms with van der Waals surface area (Å²) in [7, 11) is -2.96. The number of benzene rings is 3. The molecule has 2 nitrogen and oxygen atoms in total. The first-order valence-corrected chi connectivity index (χ1v) is 8.43. The van der Waals surface area contributed by atoms with Crippen molar-refractivity contribution in [3.63, 3.8) is 0 Å². The van der Waals surface area contributed by atoms with Crippen molar-refractivity contribution in [3.05, 3.63) is 84.9 Å². The van der Waals surface area contributed by atoms with Gasteiger partial charge in [-0.1, -0.05) is 72.8 Å². The fourth-order valence-corrected chi connectivity index (χ4v) is 5.10. The zero-order valence-corrected chi connectivity index (χ0v) is 12.3. The van der Waals surface area contributed by atoms with Gasteiger partial charge in [-0.3, -0.25) is 0 Å². The summed E-state index contributed by atoms with van der Waals surface area (Å²) in [4.78, 5) is 0. The molecule has 1 N–H and O–H groups in total. The largest absolute Gasteiger partial charge is 0.508 e. The van der Waals surface area contributed by atoms with Gasteiger partial charge in [-0.15, -0.1) is 0 Å². The van der Waals surface area contributed by atoms with Gasteiger partial charge in [0.05, 0.1) is 0 Å². The maximum Gasteiger partial charge on any atom is 0.171 e. The van der Waals surface area contributed by atoms with Gasteiger partial charge in [-0.2, -0.15) is 0 Å². The molecule has 0 heterocycles. The Kier molecular flexibility index (Phi) is 3.64. The zero-order chi connectivity index (χ0) is 14.7. The first-order valence-electron chi connectivity index (χ1n) is 6.72. The minimum absolute atomic E-state index is 0.125. The predicted molar refractivity (Wildman–Crippen MR) is 87.5 cm³/mol. The maximum absolute atomic E-state index is 13.9. The highest BCUT2D eigenvalue weighted by Gasteiger charge is 2.29. The Balaban J connectivity index is 2.29. The molecule has 0 aliphatic heterocycles. The molecular weight excluding hydrogens is 279 g/mol. The Morgan fingerprint density at radius 3 is 1.57 bits per heavy atom. The average Bonchev–Trinajstić information content (AvgIpc) is 2.56. The Morgan fingerprint density at radius 2 is 1.10 bits per heavy atom. The molecule has 0 fully saturated rings. The lowest BCUT2D eigenvalue weighted by atomic mass is 10.3. The smallest absolute Gasteiger partial charge is 0.171 e. The van der Waals surface area contributed by atoms with Crippen molar-refractivity contribution in [1.82, 2.24) is 0 Å². The first kappa shape index (κ1) is 13.7. The first-order chi connectivity index (χ1) is 10.2. The fourth-order valence-electron chi connectivity index (χ4n) is 2.41. The van der Waals surface area contributed by atoms with Crippen LogP contribution in [0.15, 0.2) is 84.9 Å². The van der Waals surface area contributed by atoms with Gasteiger partial charge in [0.1, 0.15) is 5.75 Å². The van der Waals surface area contributed by atoms with Gasteiger partial charge in [0.25, 0.3) is 0 Å². The van der Waals surface area contributed by atoms with Crippen LogP contribution in [0.5, 0.6) is 5.75 Å². The van der Waals surface area contributed by atoms with Crippen molar-refractivity contribution >= 4 is 23.1 Å². The normalized spacial score (nSPS) is 11.2. The van der Waals surface area contributed by atoms with Crippen molar-refractivity contribution in [3.8, 4) is 5.75 Å². The van der Waals surface area contributed by atoms with E-state index in [-0.39, 0.29) is 5.75 Å². The SMILES string of the molecule is O=P(c1ccccc1)(c1ccccc1)c1cccc(O)c1. The third-order valence-electron chi connectivity index (χ3n) is 3.43. The summed E-state index contributed by atoms with van der Waals surface area (Å²) in [5.74, 6) is 0.125. The Morgan fingerprint density at radius 1 is 0.619 bits per heavy atom. The lowest BCUT2D eigenvalue weighted by Crippen LogP contribution is -2.24. The molecule has 0 unspecified atom stereocenters. The monoisotopic (exact) mass is 294 g/mol. The summed E-state index contributed by atoms with van der Waals surface area (Å²) >= 11 is 0. The van der Waals surface area contributed by atoms with E-state index in [2.05, 4.69) is 0 Å². The molecule has 0 amide bonds. The van der Waals surface area contributed by atoms with E-state index in [1.165, 1.54) is 0 Å². The number of hydrogen-bond donors (Lipinski definition) is 1. The van der Waals surface area contributed by atoms with Crippen molar-refractivity contribution in [2.24, 2.45) is 0 Å². The van der Waals surface area contributed by atoms with Crippen LogP contribution < -0.4 is 15.9 Å². The molecule has 104 valence electrons. The van der Waals surface area contributed by atoms with Gasteiger partial charge in [0, 0.05) is 15.9 Å². The fraction of sp³-hybridized carbons (Fsp3) is 0. The molecule has 3 aromatic rings. The second kappa shape index (κ2) is 5.59. The summed E-state index contributed by atoms with van der Waals surface area (Å²) in [6, 6.07) is 25.5. The lowest BCUT2D eigenvalue weighted by molar-refractivity contribution is 0.475. The molecule has 0 aliphatic carbocycles. The summed E-state index contributed by atoms with van der Waals surface area (Å²) in [5.41, 5.74) is 0. The second-order valence-electron chi connectivity index (χ2n) is 4.80. The van der Waals surface area contributed by atoms with Gasteiger partial charge >= 0.3 is 0 Å². The summed E-state index contributed by atoms with van der Waals surface area (Å²) in [5, 5.41) is 11.9. The van der Waals surface area contributed by atoms with Crippen molar-refractivity contribution < 1.29 is 9.67 Å². The molecule has 0 aromatic heterocycles. The number of phenols is 1. The third-order valence-corrected chi connectivity index (χ3v) is 6.49. The molecule has 3 rings (SSSR count). The van der Waals surface area contributed by atoms with Gasteiger partial charge < -0.3 is 9.67 Å². The van der Waals surface area contributed by atoms with E-state index in [0.717, 1.165) is 10.6 Å². The van der Waals surface area contributed by atoms with Crippen molar-refractivity contribution in [2.45, 2.75) is 0 Å². The van der Waals surface area contributed by atoms with Crippen molar-refractivity contribution in [2.75, 3.05) is 0 Å². The lowest BCUT2D eigenvalue weighted by Gasteiger charge is -2.20. The second-order valence-corrected chi connectivity index (χ2v) is 7.57. The van der Waals surface area contributed by atoms with E-state index in [1.54, 1.807) is 24.3 Å². The van der Waals surface area contributed by atoms with Gasteiger partial charge in [0.2, 0.25) is 0 Å². The molecule has 0 bridgehead atoms. The van der Waals surface area contributed by atoms with Crippen LogP contribution >= 0.6 is 7.14 Å². The standard InChI is InChI=1S/C18H15O2P/c19-15-8-7-13-18(14-15)21(20,16-9-3-1-4-10-16)17-11-5-2-6-12-17/h1-14,19H. The number of rotatable bonds is 3. The topological polar surface area (TPSA) is 37.3 Å². The minimum atomic E-state index is -2.96. The van der Waals surface area contributed by atoms with E-state index in [1.807, 2.05) is 60.7 Å². The number of phenolic OH excluding ortho intramolecular Hbond substituents is 1. The molecule has 3 aromatic carbocycles. The quantitative estimate of drug-likeness (QED) is 0.754. The highest BCUT2D eigenvalue weighted by molar-refractivity contribution is 7.85. The molecule has 0 atom stereocenters. The molecule has 0 radical (unpaired) electrons. The molecule has 0 aliphatic rings. The number of hydrogen-bond acceptors (Lipinski definition) is 2. The van der Waals surface area contributed by atoms with Gasteiger partial charge in [-0.25, -0.2) is 0 Å². The Labute approximate surface area is 124 Å². The van der Waals surface area contributed by atoms with Crippen LogP contribution in [-0.4, -0.2) is 5.11 Å². The van der Waals surface area contributed by atoms with Crippen LogP contribution in [0.3, 0.4) is 0 Å². The van der Waals surface area contributed by atoms with Crippen LogP contribution in [-0.2, 0) is 4.57 Å². The molecule has 0 saturated carbocycles. The summed E-state index contributed by atoms with van der Waals surface area (Å²) in [6.07, 6.45) is 0. The maximum atomic E-state index is 13.9. The van der Waals surface area contributed by atoms with E-state index in [9.17, 15) is 9.67 Å². The molecule has 3 heteroatoms. The van der Waals surface area contributed by atoms with Gasteiger partial charge in [0.15, 0.2) is 7.14 Å². The third kappa shape index (κ3) is 2.51. The Bertz CT molecular complexity index is 739. The van der Waals surface area contributed by atoms with E-state index < -0.39 is 7.14 Å². The van der Waals surface area contributed by atoms with Crippen LogP contribution in [0.4, 0.5) is 0 Å².